The van der Waals surface area contributed by atoms with Gasteiger partial charge in [-0.2, -0.15) is 0 Å². The Labute approximate surface area is 197 Å². The normalized spacial score (nSPS) is 40.8. The van der Waals surface area contributed by atoms with E-state index >= 15 is 0 Å². The molecule has 0 amide bonds. The molecule has 4 rings (SSSR count). The average molecular weight is 439 g/mol. The van der Waals surface area contributed by atoms with Gasteiger partial charge in [-0.05, 0) is 102 Å². The van der Waals surface area contributed by atoms with Crippen LogP contribution in [0.5, 0.6) is 0 Å². The van der Waals surface area contributed by atoms with Crippen LogP contribution in [0.4, 0.5) is 0 Å². The minimum absolute atomic E-state index is 0.117. The SMILES string of the molecule is CC(=O)OC1CC[C@]2(C)C3=CC[C@]4(C)[C@@H]([C@H](C)C=C[C@H](C)C(C)C)CC[C@H]4C3=CCC2C1. The lowest BCUT2D eigenvalue weighted by Crippen LogP contribution is -2.45. The van der Waals surface area contributed by atoms with E-state index in [1.54, 1.807) is 18.1 Å². The molecule has 0 bridgehead atoms. The quantitative estimate of drug-likeness (QED) is 0.322. The van der Waals surface area contributed by atoms with Crippen LogP contribution in [-0.4, -0.2) is 12.1 Å². The van der Waals surface area contributed by atoms with Gasteiger partial charge in [-0.1, -0.05) is 65.8 Å². The summed E-state index contributed by atoms with van der Waals surface area (Å²) in [5.74, 6) is 3.98. The van der Waals surface area contributed by atoms with Gasteiger partial charge in [0.2, 0.25) is 0 Å². The molecule has 4 aliphatic rings. The fourth-order valence-electron chi connectivity index (χ4n) is 7.76. The zero-order valence-electron chi connectivity index (χ0n) is 21.6. The number of carbonyl (C=O) groups excluding carboxylic acids is 1. The summed E-state index contributed by atoms with van der Waals surface area (Å²) >= 11 is 0. The number of fused-ring (bicyclic) bond motifs is 5. The van der Waals surface area contributed by atoms with Gasteiger partial charge in [0.25, 0.3) is 0 Å². The third-order valence-corrected chi connectivity index (χ3v) is 10.3. The number of ether oxygens (including phenoxy) is 1. The number of rotatable bonds is 5. The average Bonchev–Trinajstić information content (AvgIpc) is 3.08. The molecule has 2 saturated carbocycles. The number of allylic oxidation sites excluding steroid dienone is 6. The maximum Gasteiger partial charge on any atom is 0.302 e. The van der Waals surface area contributed by atoms with Gasteiger partial charge in [-0.3, -0.25) is 4.79 Å². The zero-order valence-corrected chi connectivity index (χ0v) is 21.6. The molecule has 0 spiro atoms. The molecular weight excluding hydrogens is 392 g/mol. The van der Waals surface area contributed by atoms with Gasteiger partial charge in [0, 0.05) is 6.92 Å². The lowest BCUT2D eigenvalue weighted by atomic mass is 9.51. The topological polar surface area (TPSA) is 26.3 Å². The van der Waals surface area contributed by atoms with Crippen LogP contribution < -0.4 is 0 Å². The first kappa shape index (κ1) is 23.8. The van der Waals surface area contributed by atoms with E-state index < -0.39 is 0 Å². The van der Waals surface area contributed by atoms with Gasteiger partial charge in [0.1, 0.15) is 6.10 Å². The van der Waals surface area contributed by atoms with E-state index in [9.17, 15) is 4.79 Å². The Hall–Kier alpha value is -1.31. The highest BCUT2D eigenvalue weighted by atomic mass is 16.5. The van der Waals surface area contributed by atoms with Gasteiger partial charge in [0.15, 0.2) is 0 Å². The molecule has 0 aliphatic heterocycles. The van der Waals surface area contributed by atoms with Crippen LogP contribution in [0.1, 0.15) is 93.4 Å². The summed E-state index contributed by atoms with van der Waals surface area (Å²) in [5, 5.41) is 0. The molecule has 32 heavy (non-hydrogen) atoms. The molecule has 2 nitrogen and oxygen atoms in total. The Balaban J connectivity index is 1.54. The van der Waals surface area contributed by atoms with Crippen molar-refractivity contribution in [1.82, 2.24) is 0 Å². The second-order valence-corrected chi connectivity index (χ2v) is 12.4. The Morgan fingerprint density at radius 3 is 2.53 bits per heavy atom. The molecule has 2 heteroatoms. The summed E-state index contributed by atoms with van der Waals surface area (Å²) in [7, 11) is 0. The predicted molar refractivity (Wildman–Crippen MR) is 133 cm³/mol. The van der Waals surface area contributed by atoms with Gasteiger partial charge >= 0.3 is 5.97 Å². The molecule has 0 saturated heterocycles. The summed E-state index contributed by atoms with van der Waals surface area (Å²) < 4.78 is 5.62. The van der Waals surface area contributed by atoms with Gasteiger partial charge in [0.05, 0.1) is 0 Å². The molecule has 0 N–H and O–H groups in total. The van der Waals surface area contributed by atoms with Gasteiger partial charge in [-0.15, -0.1) is 0 Å². The third kappa shape index (κ3) is 4.05. The van der Waals surface area contributed by atoms with E-state index in [2.05, 4.69) is 65.8 Å². The zero-order chi connectivity index (χ0) is 23.3. The van der Waals surface area contributed by atoms with Crippen molar-refractivity contribution >= 4 is 5.97 Å². The summed E-state index contributed by atoms with van der Waals surface area (Å²) in [6.45, 7) is 16.1. The van der Waals surface area contributed by atoms with E-state index in [4.69, 9.17) is 4.74 Å². The summed E-state index contributed by atoms with van der Waals surface area (Å²) in [4.78, 5) is 11.5. The third-order valence-electron chi connectivity index (χ3n) is 10.3. The van der Waals surface area contributed by atoms with E-state index in [0.29, 0.717) is 29.1 Å². The number of carbonyl (C=O) groups is 1. The standard InChI is InChI=1S/C30H46O2/c1-19(2)20(3)8-9-21(4)26-12-13-27-25-11-10-23-18-24(32-22(5)31)14-16-29(23,6)28(25)15-17-30(26,27)7/h8-9,11,15,19-21,23-24,26-27H,10,12-14,16-18H2,1-7H3/t20-,21+,23?,24?,26+,27-,29-,30+/m0/s1. The molecule has 4 aliphatic carbocycles. The van der Waals surface area contributed by atoms with Crippen LogP contribution in [-0.2, 0) is 9.53 Å². The van der Waals surface area contributed by atoms with E-state index in [-0.39, 0.29) is 17.5 Å². The molecule has 178 valence electrons. The molecule has 0 radical (unpaired) electrons. The smallest absolute Gasteiger partial charge is 0.302 e. The monoisotopic (exact) mass is 438 g/mol. The Morgan fingerprint density at radius 1 is 1.09 bits per heavy atom. The van der Waals surface area contributed by atoms with Gasteiger partial charge in [-0.25, -0.2) is 0 Å². The first-order valence-electron chi connectivity index (χ1n) is 13.3. The van der Waals surface area contributed by atoms with Crippen molar-refractivity contribution in [2.75, 3.05) is 0 Å². The Morgan fingerprint density at radius 2 is 1.84 bits per heavy atom. The van der Waals surface area contributed by atoms with Crippen LogP contribution in [0.3, 0.4) is 0 Å². The van der Waals surface area contributed by atoms with Crippen molar-refractivity contribution < 1.29 is 9.53 Å². The summed E-state index contributed by atoms with van der Waals surface area (Å²) in [6, 6.07) is 0. The summed E-state index contributed by atoms with van der Waals surface area (Å²) in [5.41, 5.74) is 4.00. The molecule has 2 fully saturated rings. The predicted octanol–water partition coefficient (Wildman–Crippen LogP) is 7.90. The van der Waals surface area contributed by atoms with E-state index in [1.807, 2.05) is 0 Å². The van der Waals surface area contributed by atoms with Crippen LogP contribution in [0, 0.1) is 46.3 Å². The van der Waals surface area contributed by atoms with Crippen LogP contribution in [0.15, 0.2) is 35.5 Å². The number of esters is 1. The molecule has 8 atom stereocenters. The minimum atomic E-state index is -0.124. The van der Waals surface area contributed by atoms with Crippen LogP contribution >= 0.6 is 0 Å². The molecule has 0 heterocycles. The number of hydrogen-bond donors (Lipinski definition) is 0. The molecule has 2 unspecified atom stereocenters. The second kappa shape index (κ2) is 8.80. The van der Waals surface area contributed by atoms with Crippen molar-refractivity contribution in [1.29, 1.82) is 0 Å². The second-order valence-electron chi connectivity index (χ2n) is 12.4. The highest BCUT2D eigenvalue weighted by molar-refractivity contribution is 5.66. The fourth-order valence-corrected chi connectivity index (χ4v) is 7.76. The van der Waals surface area contributed by atoms with E-state index in [0.717, 1.165) is 37.5 Å². The van der Waals surface area contributed by atoms with Crippen molar-refractivity contribution in [2.24, 2.45) is 46.3 Å². The van der Waals surface area contributed by atoms with Crippen molar-refractivity contribution in [3.63, 3.8) is 0 Å². The first-order chi connectivity index (χ1) is 15.1. The largest absolute Gasteiger partial charge is 0.463 e. The summed E-state index contributed by atoms with van der Waals surface area (Å²) in [6.07, 6.45) is 18.6. The van der Waals surface area contributed by atoms with Crippen molar-refractivity contribution in [3.05, 3.63) is 35.5 Å². The highest BCUT2D eigenvalue weighted by Gasteiger charge is 2.55. The highest BCUT2D eigenvalue weighted by Crippen LogP contribution is 2.64. The van der Waals surface area contributed by atoms with E-state index in [1.165, 1.54) is 19.3 Å². The van der Waals surface area contributed by atoms with Crippen LogP contribution in [0.25, 0.3) is 0 Å². The maximum atomic E-state index is 11.5. The minimum Gasteiger partial charge on any atom is -0.463 e. The van der Waals surface area contributed by atoms with Crippen LogP contribution in [0.2, 0.25) is 0 Å². The fraction of sp³-hybridized carbons (Fsp3) is 0.767. The Kier molecular flexibility index (Phi) is 6.56. The van der Waals surface area contributed by atoms with Crippen molar-refractivity contribution in [3.8, 4) is 0 Å². The van der Waals surface area contributed by atoms with Gasteiger partial charge < -0.3 is 4.74 Å². The molecular formula is C30H46O2. The first-order valence-corrected chi connectivity index (χ1v) is 13.3. The Bertz CT molecular complexity index is 817. The molecule has 0 aromatic carbocycles. The number of hydrogen-bond acceptors (Lipinski definition) is 2. The molecule has 0 aromatic rings. The van der Waals surface area contributed by atoms with Crippen molar-refractivity contribution in [2.45, 2.75) is 99.5 Å². The lowest BCUT2D eigenvalue weighted by molar-refractivity contribution is -0.150. The molecule has 0 aromatic heterocycles. The maximum absolute atomic E-state index is 11.5. The lowest BCUT2D eigenvalue weighted by Gasteiger charge is -2.53.